The number of fused-ring (bicyclic) bond motifs is 1. The van der Waals surface area contributed by atoms with Crippen LogP contribution in [-0.2, 0) is 7.05 Å². The quantitative estimate of drug-likeness (QED) is 0.697. The molecule has 124 valence electrons. The third-order valence-electron chi connectivity index (χ3n) is 3.94. The van der Waals surface area contributed by atoms with Crippen molar-refractivity contribution in [1.29, 1.82) is 0 Å². The van der Waals surface area contributed by atoms with E-state index in [1.54, 1.807) is 0 Å². The first kappa shape index (κ1) is 16.6. The van der Waals surface area contributed by atoms with Gasteiger partial charge in [-0.15, -0.1) is 0 Å². The fourth-order valence-corrected chi connectivity index (χ4v) is 3.10. The van der Waals surface area contributed by atoms with Gasteiger partial charge in [0.2, 0.25) is 0 Å². The van der Waals surface area contributed by atoms with E-state index in [4.69, 9.17) is 11.6 Å². The minimum Gasteiger partial charge on any atom is -0.347 e. The van der Waals surface area contributed by atoms with Gasteiger partial charge in [-0.1, -0.05) is 41.9 Å². The van der Waals surface area contributed by atoms with Gasteiger partial charge in [0.15, 0.2) is 0 Å². The molecular formula is C20H21ClN2O. The number of rotatable bonds is 2. The molecule has 24 heavy (non-hydrogen) atoms. The van der Waals surface area contributed by atoms with E-state index in [1.165, 1.54) is 0 Å². The van der Waals surface area contributed by atoms with E-state index in [2.05, 4.69) is 9.88 Å². The molecule has 0 fully saturated rings. The summed E-state index contributed by atoms with van der Waals surface area (Å²) in [6.45, 7) is 5.95. The second kappa shape index (κ2) is 5.99. The third kappa shape index (κ3) is 3.04. The molecule has 1 aromatic heterocycles. The summed E-state index contributed by atoms with van der Waals surface area (Å²) in [6.07, 6.45) is 0. The topological polar surface area (TPSA) is 34.0 Å². The van der Waals surface area contributed by atoms with Crippen molar-refractivity contribution in [3.05, 3.63) is 59.1 Å². The number of halogens is 1. The summed E-state index contributed by atoms with van der Waals surface area (Å²) in [4.78, 5) is 13.0. The van der Waals surface area contributed by atoms with Crippen LogP contribution in [0.5, 0.6) is 0 Å². The van der Waals surface area contributed by atoms with Gasteiger partial charge in [-0.2, -0.15) is 0 Å². The maximum absolute atomic E-state index is 13.0. The van der Waals surface area contributed by atoms with Gasteiger partial charge in [0, 0.05) is 28.5 Å². The maximum Gasteiger partial charge on any atom is 0.254 e. The number of amides is 1. The van der Waals surface area contributed by atoms with E-state index < -0.39 is 0 Å². The monoisotopic (exact) mass is 340 g/mol. The average molecular weight is 341 g/mol. The van der Waals surface area contributed by atoms with E-state index in [9.17, 15) is 4.79 Å². The second-order valence-electron chi connectivity index (χ2n) is 7.01. The van der Waals surface area contributed by atoms with Crippen molar-refractivity contribution in [1.82, 2.24) is 9.88 Å². The molecule has 4 heteroatoms. The van der Waals surface area contributed by atoms with Crippen molar-refractivity contribution in [3.8, 4) is 11.3 Å². The first-order valence-corrected chi connectivity index (χ1v) is 8.31. The minimum atomic E-state index is -0.300. The molecule has 2 aromatic carbocycles. The maximum atomic E-state index is 13.0. The number of carbonyl (C=O) groups is 1. The number of benzene rings is 2. The Morgan fingerprint density at radius 3 is 2.29 bits per heavy atom. The first-order valence-electron chi connectivity index (χ1n) is 7.94. The Bertz CT molecular complexity index is 902. The van der Waals surface area contributed by atoms with Crippen LogP contribution in [0.1, 0.15) is 31.1 Å². The molecule has 3 nitrogen and oxygen atoms in total. The van der Waals surface area contributed by atoms with E-state index in [1.807, 2.05) is 76.3 Å². The predicted octanol–water partition coefficient (Wildman–Crippen LogP) is 5.03. The summed E-state index contributed by atoms with van der Waals surface area (Å²) in [7, 11) is 1.99. The molecule has 0 aliphatic carbocycles. The van der Waals surface area contributed by atoms with E-state index >= 15 is 0 Å². The summed E-state index contributed by atoms with van der Waals surface area (Å²) < 4.78 is 2.07. The minimum absolute atomic E-state index is 0.0655. The molecule has 0 atom stereocenters. The van der Waals surface area contributed by atoms with Crippen LogP contribution in [0.25, 0.3) is 22.2 Å². The highest BCUT2D eigenvalue weighted by Crippen LogP contribution is 2.33. The molecule has 0 spiro atoms. The summed E-state index contributed by atoms with van der Waals surface area (Å²) >= 11 is 6.02. The number of hydrogen-bond donors (Lipinski definition) is 1. The van der Waals surface area contributed by atoms with Crippen LogP contribution < -0.4 is 5.32 Å². The Hall–Kier alpha value is -2.26. The highest BCUT2D eigenvalue weighted by molar-refractivity contribution is 6.30. The Morgan fingerprint density at radius 2 is 1.67 bits per heavy atom. The predicted molar refractivity (Wildman–Crippen MR) is 101 cm³/mol. The van der Waals surface area contributed by atoms with Crippen LogP contribution in [0.3, 0.4) is 0 Å². The van der Waals surface area contributed by atoms with Gasteiger partial charge in [0.25, 0.3) is 5.91 Å². The number of aromatic nitrogens is 1. The van der Waals surface area contributed by atoms with Crippen molar-refractivity contribution >= 4 is 28.4 Å². The Kier molecular flexibility index (Phi) is 4.14. The van der Waals surface area contributed by atoms with Crippen LogP contribution in [0.4, 0.5) is 0 Å². The van der Waals surface area contributed by atoms with Crippen molar-refractivity contribution in [2.45, 2.75) is 26.3 Å². The first-order chi connectivity index (χ1) is 11.3. The Morgan fingerprint density at radius 1 is 1.04 bits per heavy atom. The molecule has 1 N–H and O–H groups in total. The molecule has 0 saturated carbocycles. The molecule has 0 unspecified atom stereocenters. The van der Waals surface area contributed by atoms with Gasteiger partial charge < -0.3 is 9.88 Å². The molecule has 1 amide bonds. The number of nitrogens with zero attached hydrogens (tertiary/aromatic N) is 1. The zero-order valence-corrected chi connectivity index (χ0v) is 15.1. The van der Waals surface area contributed by atoms with Crippen LogP contribution >= 0.6 is 11.6 Å². The fraction of sp³-hybridized carbons (Fsp3) is 0.250. The second-order valence-corrected chi connectivity index (χ2v) is 7.45. The normalized spacial score (nSPS) is 11.7. The molecule has 0 bridgehead atoms. The van der Waals surface area contributed by atoms with Gasteiger partial charge in [0.1, 0.15) is 0 Å². The number of para-hydroxylation sites is 1. The molecule has 0 aliphatic heterocycles. The van der Waals surface area contributed by atoms with Gasteiger partial charge >= 0.3 is 0 Å². The van der Waals surface area contributed by atoms with E-state index in [-0.39, 0.29) is 11.4 Å². The average Bonchev–Trinajstić information content (AvgIpc) is 2.80. The van der Waals surface area contributed by atoms with Crippen LogP contribution in [0.15, 0.2) is 48.5 Å². The van der Waals surface area contributed by atoms with Crippen LogP contribution in [0, 0.1) is 0 Å². The van der Waals surface area contributed by atoms with Crippen molar-refractivity contribution in [3.63, 3.8) is 0 Å². The highest BCUT2D eigenvalue weighted by Gasteiger charge is 2.24. The molecular weight excluding hydrogens is 320 g/mol. The lowest BCUT2D eigenvalue weighted by Gasteiger charge is -2.21. The lowest BCUT2D eigenvalue weighted by atomic mass is 10.0. The van der Waals surface area contributed by atoms with Crippen LogP contribution in [-0.4, -0.2) is 16.0 Å². The summed E-state index contributed by atoms with van der Waals surface area (Å²) in [5.41, 5.74) is 3.30. The van der Waals surface area contributed by atoms with Gasteiger partial charge in [-0.25, -0.2) is 0 Å². The molecule has 3 aromatic rings. The number of hydrogen-bond acceptors (Lipinski definition) is 1. The number of aryl methyl sites for hydroxylation is 1. The molecule has 0 radical (unpaired) electrons. The standard InChI is InChI=1S/C20H21ClN2O/c1-20(2,3)22-19(24)17-15-7-5-6-8-16(15)23(4)18(17)13-9-11-14(21)12-10-13/h5-12H,1-4H3,(H,22,24). The van der Waals surface area contributed by atoms with Gasteiger partial charge in [-0.05, 0) is 44.5 Å². The SMILES string of the molecule is Cn1c(-c2ccc(Cl)cc2)c(C(=O)NC(C)(C)C)c2ccccc21. The van der Waals surface area contributed by atoms with E-state index in [0.717, 1.165) is 22.2 Å². The summed E-state index contributed by atoms with van der Waals surface area (Å²) in [5.74, 6) is -0.0655. The highest BCUT2D eigenvalue weighted by atomic mass is 35.5. The zero-order chi connectivity index (χ0) is 17.5. The van der Waals surface area contributed by atoms with Crippen molar-refractivity contribution in [2.75, 3.05) is 0 Å². The van der Waals surface area contributed by atoms with Crippen molar-refractivity contribution in [2.24, 2.45) is 7.05 Å². The van der Waals surface area contributed by atoms with Crippen molar-refractivity contribution < 1.29 is 4.79 Å². The summed E-state index contributed by atoms with van der Waals surface area (Å²) in [5, 5.41) is 4.71. The summed E-state index contributed by atoms with van der Waals surface area (Å²) in [6, 6.07) is 15.6. The molecule has 0 saturated heterocycles. The largest absolute Gasteiger partial charge is 0.347 e. The van der Waals surface area contributed by atoms with Crippen LogP contribution in [0.2, 0.25) is 5.02 Å². The Labute approximate surface area is 147 Å². The number of nitrogens with one attached hydrogen (secondary N) is 1. The fourth-order valence-electron chi connectivity index (χ4n) is 2.97. The smallest absolute Gasteiger partial charge is 0.254 e. The molecule has 3 rings (SSSR count). The van der Waals surface area contributed by atoms with E-state index in [0.29, 0.717) is 10.6 Å². The Balaban J connectivity index is 2.27. The molecule has 1 heterocycles. The zero-order valence-electron chi connectivity index (χ0n) is 14.4. The lowest BCUT2D eigenvalue weighted by molar-refractivity contribution is 0.0922. The third-order valence-corrected chi connectivity index (χ3v) is 4.19. The number of carbonyl (C=O) groups excluding carboxylic acids is 1. The molecule has 0 aliphatic rings. The van der Waals surface area contributed by atoms with Gasteiger partial charge in [0.05, 0.1) is 11.3 Å². The lowest BCUT2D eigenvalue weighted by Crippen LogP contribution is -2.40. The van der Waals surface area contributed by atoms with Gasteiger partial charge in [-0.3, -0.25) is 4.79 Å².